The van der Waals surface area contributed by atoms with Crippen LogP contribution < -0.4 is 0 Å². The Labute approximate surface area is 135 Å². The zero-order valence-electron chi connectivity index (χ0n) is 11.9. The second-order valence-electron chi connectivity index (χ2n) is 5.13. The second-order valence-corrected chi connectivity index (χ2v) is 6.56. The molecule has 0 atom stereocenters. The topological polar surface area (TPSA) is 37.3 Å². The third kappa shape index (κ3) is 2.19. The molecule has 0 radical (unpaired) electrons. The number of hydrogen-bond donors (Lipinski definition) is 1. The summed E-state index contributed by atoms with van der Waals surface area (Å²) in [5, 5.41) is 10.8. The van der Waals surface area contributed by atoms with E-state index in [2.05, 4.69) is 0 Å². The Kier molecular flexibility index (Phi) is 3.67. The van der Waals surface area contributed by atoms with Crippen molar-refractivity contribution < 1.29 is 14.3 Å². The van der Waals surface area contributed by atoms with Gasteiger partial charge in [0.2, 0.25) is 0 Å². The first-order valence-corrected chi connectivity index (χ1v) is 7.79. The van der Waals surface area contributed by atoms with Crippen LogP contribution >= 0.6 is 22.9 Å². The van der Waals surface area contributed by atoms with Gasteiger partial charge in [0.05, 0.1) is 9.90 Å². The molecule has 3 rings (SSSR count). The Hall–Kier alpha value is -1.91. The highest BCUT2D eigenvalue weighted by Gasteiger charge is 2.20. The fourth-order valence-corrected chi connectivity index (χ4v) is 4.29. The van der Waals surface area contributed by atoms with E-state index in [0.717, 1.165) is 16.4 Å². The highest BCUT2D eigenvalue weighted by Crippen LogP contribution is 2.45. The van der Waals surface area contributed by atoms with Crippen LogP contribution in [-0.4, -0.2) is 11.4 Å². The number of phenols is 1. The quantitative estimate of drug-likeness (QED) is 0.629. The Morgan fingerprint density at radius 1 is 1.27 bits per heavy atom. The molecule has 0 saturated carbocycles. The summed E-state index contributed by atoms with van der Waals surface area (Å²) < 4.78 is 15.3. The third-order valence-electron chi connectivity index (χ3n) is 3.74. The average molecular weight is 335 g/mol. The number of phenolic OH excluding ortho intramolecular Hbond substituents is 1. The predicted molar refractivity (Wildman–Crippen MR) is 88.8 cm³/mol. The minimum atomic E-state index is -0.404. The molecule has 0 saturated heterocycles. The molecule has 0 fully saturated rings. The highest BCUT2D eigenvalue weighted by molar-refractivity contribution is 7.23. The minimum Gasteiger partial charge on any atom is -0.508 e. The van der Waals surface area contributed by atoms with Gasteiger partial charge in [-0.15, -0.1) is 11.3 Å². The third-order valence-corrected chi connectivity index (χ3v) is 5.42. The summed E-state index contributed by atoms with van der Waals surface area (Å²) in [4.78, 5) is 11.8. The molecule has 0 spiro atoms. The normalized spacial score (nSPS) is 11.1. The van der Waals surface area contributed by atoms with E-state index in [1.165, 1.54) is 17.4 Å². The monoisotopic (exact) mass is 334 g/mol. The molecular weight excluding hydrogens is 323 g/mol. The number of hydrogen-bond acceptors (Lipinski definition) is 3. The molecule has 0 aliphatic heterocycles. The van der Waals surface area contributed by atoms with Crippen LogP contribution in [0, 0.1) is 19.7 Å². The van der Waals surface area contributed by atoms with Crippen LogP contribution in [0.15, 0.2) is 24.3 Å². The molecule has 0 unspecified atom stereocenters. The fraction of sp³-hybridized carbons (Fsp3) is 0.118. The number of benzene rings is 2. The van der Waals surface area contributed by atoms with Crippen molar-refractivity contribution in [3.05, 3.63) is 51.8 Å². The van der Waals surface area contributed by atoms with Crippen LogP contribution in [0.3, 0.4) is 0 Å². The van der Waals surface area contributed by atoms with Crippen LogP contribution in [0.5, 0.6) is 5.75 Å². The van der Waals surface area contributed by atoms with Crippen molar-refractivity contribution in [1.29, 1.82) is 0 Å². The summed E-state index contributed by atoms with van der Waals surface area (Å²) in [7, 11) is 0. The van der Waals surface area contributed by atoms with Crippen molar-refractivity contribution >= 4 is 39.3 Å². The van der Waals surface area contributed by atoms with E-state index in [4.69, 9.17) is 11.6 Å². The molecule has 0 amide bonds. The Morgan fingerprint density at radius 3 is 2.68 bits per heavy atom. The molecular formula is C17H12ClFO2S. The zero-order valence-corrected chi connectivity index (χ0v) is 13.5. The molecule has 1 aromatic heterocycles. The number of aromatic hydroxyl groups is 1. The molecule has 2 aromatic carbocycles. The zero-order chi connectivity index (χ0) is 16.0. The fourth-order valence-electron chi connectivity index (χ4n) is 2.62. The predicted octanol–water partition coefficient (Wildman–Crippen LogP) is 5.50. The summed E-state index contributed by atoms with van der Waals surface area (Å²) in [6, 6.07) is 6.19. The van der Waals surface area contributed by atoms with E-state index in [1.54, 1.807) is 32.0 Å². The number of aryl methyl sites for hydroxylation is 1. The van der Waals surface area contributed by atoms with Crippen molar-refractivity contribution in [3.63, 3.8) is 0 Å². The van der Waals surface area contributed by atoms with Gasteiger partial charge in [-0.3, -0.25) is 4.79 Å². The maximum atomic E-state index is 14.5. The lowest BCUT2D eigenvalue weighted by Gasteiger charge is -2.11. The van der Waals surface area contributed by atoms with E-state index in [1.807, 2.05) is 0 Å². The minimum absolute atomic E-state index is 0.131. The van der Waals surface area contributed by atoms with Crippen molar-refractivity contribution in [2.24, 2.45) is 0 Å². The summed E-state index contributed by atoms with van der Waals surface area (Å²) in [6.45, 7) is 3.42. The molecule has 112 valence electrons. The number of thiophene rings is 1. The van der Waals surface area contributed by atoms with E-state index in [-0.39, 0.29) is 5.75 Å². The van der Waals surface area contributed by atoms with Gasteiger partial charge in [-0.05, 0) is 49.2 Å². The van der Waals surface area contributed by atoms with Crippen molar-refractivity contribution in [2.45, 2.75) is 13.8 Å². The van der Waals surface area contributed by atoms with Crippen LogP contribution in [0.25, 0.3) is 20.5 Å². The lowest BCUT2D eigenvalue weighted by atomic mass is 9.96. The number of rotatable bonds is 2. The SMILES string of the molecule is Cc1cc(F)c(-c2sc3cc(O)ccc3c2Cl)c(C)c1C=O. The number of carbonyl (C=O) groups excluding carboxylic acids is 1. The first-order chi connectivity index (χ1) is 10.4. The van der Waals surface area contributed by atoms with Gasteiger partial charge >= 0.3 is 0 Å². The van der Waals surface area contributed by atoms with Gasteiger partial charge in [-0.2, -0.15) is 0 Å². The molecule has 2 nitrogen and oxygen atoms in total. The van der Waals surface area contributed by atoms with Crippen molar-refractivity contribution in [2.75, 3.05) is 0 Å². The highest BCUT2D eigenvalue weighted by atomic mass is 35.5. The van der Waals surface area contributed by atoms with Gasteiger partial charge in [0.25, 0.3) is 0 Å². The standard InChI is InChI=1S/C17H12ClFO2S/c1-8-5-13(19)15(9(2)12(8)7-20)17-16(18)11-4-3-10(21)6-14(11)22-17/h3-7,21H,1-2H3. The number of fused-ring (bicyclic) bond motifs is 1. The summed E-state index contributed by atoms with van der Waals surface area (Å²) in [6.07, 6.45) is 0.737. The van der Waals surface area contributed by atoms with E-state index < -0.39 is 5.82 Å². The maximum absolute atomic E-state index is 14.5. The van der Waals surface area contributed by atoms with Gasteiger partial charge in [-0.25, -0.2) is 4.39 Å². The van der Waals surface area contributed by atoms with E-state index in [0.29, 0.717) is 32.2 Å². The summed E-state index contributed by atoms with van der Waals surface area (Å²) in [5.41, 5.74) is 2.00. The van der Waals surface area contributed by atoms with Gasteiger partial charge in [0, 0.05) is 21.2 Å². The molecule has 22 heavy (non-hydrogen) atoms. The molecule has 0 aliphatic carbocycles. The van der Waals surface area contributed by atoms with Gasteiger partial charge in [-0.1, -0.05) is 11.6 Å². The summed E-state index contributed by atoms with van der Waals surface area (Å²) >= 11 is 7.69. The number of halogens is 2. The smallest absolute Gasteiger partial charge is 0.150 e. The lowest BCUT2D eigenvalue weighted by molar-refractivity contribution is 0.112. The lowest BCUT2D eigenvalue weighted by Crippen LogP contribution is -1.97. The molecule has 0 bridgehead atoms. The maximum Gasteiger partial charge on any atom is 0.150 e. The Balaban J connectivity index is 2.37. The number of carbonyl (C=O) groups is 1. The van der Waals surface area contributed by atoms with Crippen molar-refractivity contribution in [3.8, 4) is 16.2 Å². The van der Waals surface area contributed by atoms with Crippen LogP contribution in [0.1, 0.15) is 21.5 Å². The molecule has 0 aliphatic rings. The van der Waals surface area contributed by atoms with Gasteiger partial charge < -0.3 is 5.11 Å². The van der Waals surface area contributed by atoms with Crippen LogP contribution in [-0.2, 0) is 0 Å². The molecule has 1 N–H and O–H groups in total. The molecule has 5 heteroatoms. The first kappa shape index (κ1) is 15.0. The van der Waals surface area contributed by atoms with Gasteiger partial charge in [0.15, 0.2) is 6.29 Å². The van der Waals surface area contributed by atoms with E-state index in [9.17, 15) is 14.3 Å². The van der Waals surface area contributed by atoms with E-state index >= 15 is 0 Å². The molecule has 1 heterocycles. The van der Waals surface area contributed by atoms with Crippen LogP contribution in [0.4, 0.5) is 4.39 Å². The molecule has 3 aromatic rings. The Morgan fingerprint density at radius 2 is 2.00 bits per heavy atom. The Bertz CT molecular complexity index is 915. The second kappa shape index (κ2) is 5.38. The number of aldehydes is 1. The first-order valence-electron chi connectivity index (χ1n) is 6.60. The van der Waals surface area contributed by atoms with Crippen LogP contribution in [0.2, 0.25) is 5.02 Å². The van der Waals surface area contributed by atoms with Crippen molar-refractivity contribution in [1.82, 2.24) is 0 Å². The summed E-state index contributed by atoms with van der Waals surface area (Å²) in [5.74, 6) is -0.273. The largest absolute Gasteiger partial charge is 0.508 e. The average Bonchev–Trinajstić information content (AvgIpc) is 2.75. The van der Waals surface area contributed by atoms with Gasteiger partial charge in [0.1, 0.15) is 11.6 Å².